The Hall–Kier alpha value is -1.52. The number of nitrogens with one attached hydrogen (secondary N) is 1. The van der Waals surface area contributed by atoms with Crippen LogP contribution in [0.25, 0.3) is 0 Å². The Kier molecular flexibility index (Phi) is 3.80. The number of methoxy groups -OCH3 is 1. The number of ether oxygens (including phenoxy) is 1. The van der Waals surface area contributed by atoms with Crippen molar-refractivity contribution in [1.82, 2.24) is 0 Å². The van der Waals surface area contributed by atoms with E-state index in [0.29, 0.717) is 5.57 Å². The van der Waals surface area contributed by atoms with Gasteiger partial charge in [-0.2, -0.15) is 0 Å². The molecule has 0 aromatic carbocycles. The zero-order chi connectivity index (χ0) is 13.2. The Labute approximate surface area is 102 Å². The average molecular weight is 235 g/mol. The lowest BCUT2D eigenvalue weighted by Gasteiger charge is -2.08. The van der Waals surface area contributed by atoms with E-state index in [1.807, 2.05) is 19.1 Å². The van der Waals surface area contributed by atoms with E-state index in [1.54, 1.807) is 0 Å². The molecule has 0 bridgehead atoms. The molecule has 3 unspecified atom stereocenters. The summed E-state index contributed by atoms with van der Waals surface area (Å²) in [5.41, 5.74) is 1.45. The van der Waals surface area contributed by atoms with E-state index >= 15 is 0 Å². The van der Waals surface area contributed by atoms with Gasteiger partial charge in [-0.25, -0.2) is 4.58 Å². The summed E-state index contributed by atoms with van der Waals surface area (Å²) < 4.78 is 6.45. The van der Waals surface area contributed by atoms with Gasteiger partial charge in [0.25, 0.3) is 6.34 Å². The molecule has 17 heavy (non-hydrogen) atoms. The van der Waals surface area contributed by atoms with Crippen LogP contribution in [0, 0.1) is 11.3 Å². The third-order valence-corrected chi connectivity index (χ3v) is 3.08. The third-order valence-electron chi connectivity index (χ3n) is 3.08. The molecular formula is C13H19N2O2+. The Balaban J connectivity index is 2.92. The molecule has 92 valence electrons. The first-order chi connectivity index (χ1) is 7.93. The minimum absolute atomic E-state index is 0.310. The van der Waals surface area contributed by atoms with E-state index in [1.165, 1.54) is 11.7 Å². The first-order valence-corrected chi connectivity index (χ1v) is 5.31. The Morgan fingerprint density at radius 3 is 2.53 bits per heavy atom. The number of nitrogens with zero attached hydrogens (tertiary/aromatic N) is 1. The van der Waals surface area contributed by atoms with Crippen molar-refractivity contribution in [1.29, 1.82) is 5.41 Å². The van der Waals surface area contributed by atoms with Crippen LogP contribution in [-0.4, -0.2) is 41.7 Å². The summed E-state index contributed by atoms with van der Waals surface area (Å²) in [6.07, 6.45) is 4.74. The monoisotopic (exact) mass is 235 g/mol. The van der Waals surface area contributed by atoms with Crippen LogP contribution in [0.1, 0.15) is 6.92 Å². The van der Waals surface area contributed by atoms with Crippen LogP contribution in [0.15, 0.2) is 36.5 Å². The SMILES string of the molecule is C=C(/C=C\C)C(=C)C1C([N+](=C)C=N)C1(O)OC. The van der Waals surface area contributed by atoms with Crippen molar-refractivity contribution < 1.29 is 14.4 Å². The highest BCUT2D eigenvalue weighted by Crippen LogP contribution is 2.51. The van der Waals surface area contributed by atoms with Crippen molar-refractivity contribution in [2.24, 2.45) is 5.92 Å². The van der Waals surface area contributed by atoms with E-state index in [2.05, 4.69) is 19.9 Å². The Morgan fingerprint density at radius 2 is 2.12 bits per heavy atom. The maximum atomic E-state index is 10.2. The van der Waals surface area contributed by atoms with Gasteiger partial charge >= 0.3 is 0 Å². The highest BCUT2D eigenvalue weighted by Gasteiger charge is 2.71. The van der Waals surface area contributed by atoms with Gasteiger partial charge in [-0.05, 0) is 18.1 Å². The van der Waals surface area contributed by atoms with Crippen LogP contribution in [0.4, 0.5) is 0 Å². The van der Waals surface area contributed by atoms with Gasteiger partial charge < -0.3 is 9.84 Å². The predicted molar refractivity (Wildman–Crippen MR) is 68.5 cm³/mol. The average Bonchev–Trinajstić information content (AvgIpc) is 2.94. The van der Waals surface area contributed by atoms with Crippen LogP contribution in [0.2, 0.25) is 0 Å². The molecule has 0 spiro atoms. The summed E-state index contributed by atoms with van der Waals surface area (Å²) in [7, 11) is 1.43. The molecule has 4 nitrogen and oxygen atoms in total. The zero-order valence-corrected chi connectivity index (χ0v) is 10.3. The van der Waals surface area contributed by atoms with Gasteiger partial charge in [-0.1, -0.05) is 25.3 Å². The number of aliphatic hydroxyl groups is 1. The van der Waals surface area contributed by atoms with E-state index in [4.69, 9.17) is 10.1 Å². The lowest BCUT2D eigenvalue weighted by atomic mass is 10.0. The highest BCUT2D eigenvalue weighted by molar-refractivity contribution is 5.49. The summed E-state index contributed by atoms with van der Waals surface area (Å²) in [4.78, 5) is 0. The number of rotatable bonds is 6. The van der Waals surface area contributed by atoms with E-state index < -0.39 is 5.79 Å². The number of hydrogen-bond donors (Lipinski definition) is 2. The van der Waals surface area contributed by atoms with E-state index in [-0.39, 0.29) is 12.0 Å². The van der Waals surface area contributed by atoms with Gasteiger partial charge in [0.1, 0.15) is 0 Å². The molecule has 2 N–H and O–H groups in total. The molecule has 1 aliphatic rings. The van der Waals surface area contributed by atoms with Crippen molar-refractivity contribution in [3.63, 3.8) is 0 Å². The molecule has 0 heterocycles. The second-order valence-corrected chi connectivity index (χ2v) is 4.07. The molecule has 1 fully saturated rings. The Bertz CT molecular complexity index is 412. The minimum Gasteiger partial charge on any atom is -0.362 e. The largest absolute Gasteiger partial charge is 0.362 e. The fraction of sp³-hybridized carbons (Fsp3) is 0.385. The normalized spacial score (nSPS) is 31.2. The van der Waals surface area contributed by atoms with Crippen molar-refractivity contribution in [2.45, 2.75) is 18.8 Å². The van der Waals surface area contributed by atoms with Crippen LogP contribution < -0.4 is 0 Å². The fourth-order valence-electron chi connectivity index (χ4n) is 2.04. The topological polar surface area (TPSA) is 56.3 Å². The van der Waals surface area contributed by atoms with E-state index in [0.717, 1.165) is 11.9 Å². The number of allylic oxidation sites excluding steroid dienone is 3. The van der Waals surface area contributed by atoms with Crippen molar-refractivity contribution in [2.75, 3.05) is 7.11 Å². The first-order valence-electron chi connectivity index (χ1n) is 5.31. The van der Waals surface area contributed by atoms with Crippen molar-refractivity contribution >= 4 is 13.1 Å². The summed E-state index contributed by atoms with van der Waals surface area (Å²) in [6, 6.07) is -0.389. The summed E-state index contributed by atoms with van der Waals surface area (Å²) in [5.74, 6) is -1.64. The third kappa shape index (κ3) is 2.14. The smallest absolute Gasteiger partial charge is 0.277 e. The molecule has 0 radical (unpaired) electrons. The quantitative estimate of drug-likeness (QED) is 0.240. The van der Waals surface area contributed by atoms with Crippen LogP contribution >= 0.6 is 0 Å². The lowest BCUT2D eigenvalue weighted by molar-refractivity contribution is -0.431. The van der Waals surface area contributed by atoms with Gasteiger partial charge in [0.2, 0.25) is 5.79 Å². The maximum Gasteiger partial charge on any atom is 0.277 e. The van der Waals surface area contributed by atoms with Gasteiger partial charge in [-0.3, -0.25) is 0 Å². The Morgan fingerprint density at radius 1 is 1.53 bits per heavy atom. The lowest BCUT2D eigenvalue weighted by Crippen LogP contribution is -2.24. The molecule has 0 amide bonds. The van der Waals surface area contributed by atoms with Crippen molar-refractivity contribution in [3.05, 3.63) is 36.5 Å². The number of hydrogen-bond acceptors (Lipinski definition) is 3. The fourth-order valence-corrected chi connectivity index (χ4v) is 2.04. The van der Waals surface area contributed by atoms with E-state index in [9.17, 15) is 5.11 Å². The summed E-state index contributed by atoms with van der Waals surface area (Å²) in [5, 5.41) is 17.4. The molecule has 1 saturated carbocycles. The maximum absolute atomic E-state index is 10.2. The van der Waals surface area contributed by atoms with Crippen LogP contribution in [0.3, 0.4) is 0 Å². The van der Waals surface area contributed by atoms with Gasteiger partial charge in [0.15, 0.2) is 6.04 Å². The van der Waals surface area contributed by atoms with Gasteiger partial charge in [-0.15, -0.1) is 5.41 Å². The van der Waals surface area contributed by atoms with Crippen molar-refractivity contribution in [3.8, 4) is 0 Å². The molecule has 3 atom stereocenters. The van der Waals surface area contributed by atoms with Crippen LogP contribution in [0.5, 0.6) is 0 Å². The molecule has 4 heteroatoms. The standard InChI is InChI=1S/C13H19N2O2/c1-6-7-9(2)10(3)11-12(15(4)8-14)13(11,16)17-5/h6-8,11-12,14,16H,2-4H2,1,5H3/q+1/b7-6-,14-8?. The van der Waals surface area contributed by atoms with Gasteiger partial charge in [0.05, 0.1) is 12.6 Å². The predicted octanol–water partition coefficient (Wildman–Crippen LogP) is 1.33. The van der Waals surface area contributed by atoms with Gasteiger partial charge in [0, 0.05) is 7.11 Å². The second-order valence-electron chi connectivity index (χ2n) is 4.07. The zero-order valence-electron chi connectivity index (χ0n) is 10.3. The second kappa shape index (κ2) is 4.77. The molecule has 0 aliphatic heterocycles. The highest BCUT2D eigenvalue weighted by atomic mass is 16.6. The van der Waals surface area contributed by atoms with Crippen LogP contribution in [-0.2, 0) is 4.74 Å². The first kappa shape index (κ1) is 13.5. The molecule has 0 aromatic heterocycles. The summed E-state index contributed by atoms with van der Waals surface area (Å²) in [6.45, 7) is 13.3. The molecule has 1 aliphatic carbocycles. The molecule has 0 saturated heterocycles. The molecule has 1 rings (SSSR count). The molecular weight excluding hydrogens is 216 g/mol. The summed E-state index contributed by atoms with van der Waals surface area (Å²) >= 11 is 0. The minimum atomic E-state index is -1.33. The molecule has 0 aromatic rings.